The molecule has 0 unspecified atom stereocenters. The summed E-state index contributed by atoms with van der Waals surface area (Å²) in [6.07, 6.45) is -22.8. The average molecular weight is 504 g/mol. The molecule has 0 radical (unpaired) electrons. The third-order valence-corrected chi connectivity index (χ3v) is 6.65. The van der Waals surface area contributed by atoms with E-state index in [1.165, 1.54) is 0 Å². The Bertz CT molecular complexity index is 682. The van der Waals surface area contributed by atoms with E-state index in [2.05, 4.69) is 0 Å². The van der Waals surface area contributed by atoms with Crippen LogP contribution in [0.3, 0.4) is 0 Å². The van der Waals surface area contributed by atoms with Gasteiger partial charge in [0.15, 0.2) is 11.9 Å². The molecule has 3 saturated heterocycles. The molecule has 3 heterocycles. The fourth-order valence-electron chi connectivity index (χ4n) is 4.57. The molecule has 14 atom stereocenters. The first-order chi connectivity index (χ1) is 15.9. The molecule has 0 saturated carbocycles. The number of hydrogen-bond acceptors (Lipinski definition) is 16. The minimum absolute atomic E-state index is 0.874. The van der Waals surface area contributed by atoms with Crippen molar-refractivity contribution in [3.63, 3.8) is 0 Å². The van der Waals surface area contributed by atoms with Gasteiger partial charge >= 0.3 is 0 Å². The lowest BCUT2D eigenvalue weighted by Crippen LogP contribution is -2.78. The summed E-state index contributed by atoms with van der Waals surface area (Å²) >= 11 is 0. The molecule has 3 fully saturated rings. The second-order valence-corrected chi connectivity index (χ2v) is 8.60. The standard InChI is InChI=1S/C18H32O16/c19-1-5-8(22)12(26)15(29)18(34-5,17(4-21)14(28)10(24)6(2-20)33-17)31-3-7-9(23)11(25)13(27)16(30)32-7/h5-16,19-30H,1-4H2/t5-,6-,7-,8-,9-,10-,11+,12+,13-,14+,15-,16+,17+,18+/m1/s1. The summed E-state index contributed by atoms with van der Waals surface area (Å²) in [6, 6.07) is 0. The Kier molecular flexibility index (Phi) is 8.53. The predicted octanol–water partition coefficient (Wildman–Crippen LogP) is -8.18. The fraction of sp³-hybridized carbons (Fsp3) is 1.00. The number of aliphatic hydroxyl groups excluding tert-OH is 12. The molecule has 0 aromatic carbocycles. The van der Waals surface area contributed by atoms with Crippen molar-refractivity contribution in [3.8, 4) is 0 Å². The van der Waals surface area contributed by atoms with E-state index < -0.39 is 111 Å². The normalized spacial score (nSPS) is 54.4. The van der Waals surface area contributed by atoms with Gasteiger partial charge in [0.05, 0.1) is 26.4 Å². The quantitative estimate of drug-likeness (QED) is 0.153. The first-order valence-corrected chi connectivity index (χ1v) is 10.5. The van der Waals surface area contributed by atoms with Crippen molar-refractivity contribution < 1.29 is 80.2 Å². The Balaban J connectivity index is 2.03. The third kappa shape index (κ3) is 4.16. The van der Waals surface area contributed by atoms with Gasteiger partial charge in [-0.15, -0.1) is 0 Å². The Morgan fingerprint density at radius 3 is 1.68 bits per heavy atom. The van der Waals surface area contributed by atoms with Crippen LogP contribution in [0.4, 0.5) is 0 Å². The Morgan fingerprint density at radius 2 is 1.15 bits per heavy atom. The van der Waals surface area contributed by atoms with Crippen LogP contribution in [-0.2, 0) is 18.9 Å². The van der Waals surface area contributed by atoms with E-state index in [1.54, 1.807) is 0 Å². The average Bonchev–Trinajstić information content (AvgIpc) is 3.09. The molecule has 0 bridgehead atoms. The molecule has 12 N–H and O–H groups in total. The van der Waals surface area contributed by atoms with E-state index in [-0.39, 0.29) is 0 Å². The Morgan fingerprint density at radius 1 is 0.588 bits per heavy atom. The van der Waals surface area contributed by atoms with Crippen LogP contribution < -0.4 is 0 Å². The van der Waals surface area contributed by atoms with Crippen LogP contribution in [0, 0.1) is 0 Å². The third-order valence-electron chi connectivity index (χ3n) is 6.65. The molecule has 0 aromatic heterocycles. The van der Waals surface area contributed by atoms with Crippen molar-refractivity contribution in [2.24, 2.45) is 0 Å². The van der Waals surface area contributed by atoms with Gasteiger partial charge in [-0.1, -0.05) is 0 Å². The van der Waals surface area contributed by atoms with E-state index in [4.69, 9.17) is 18.9 Å². The van der Waals surface area contributed by atoms with Gasteiger partial charge in [-0.05, 0) is 0 Å². The van der Waals surface area contributed by atoms with Crippen LogP contribution in [0.15, 0.2) is 0 Å². The number of hydrogen-bond donors (Lipinski definition) is 12. The van der Waals surface area contributed by atoms with Gasteiger partial charge in [0.1, 0.15) is 67.1 Å². The van der Waals surface area contributed by atoms with Crippen LogP contribution in [0.5, 0.6) is 0 Å². The van der Waals surface area contributed by atoms with E-state index in [1.807, 2.05) is 0 Å². The van der Waals surface area contributed by atoms with Crippen molar-refractivity contribution in [2.75, 3.05) is 26.4 Å². The number of rotatable bonds is 7. The molecule has 200 valence electrons. The lowest BCUT2D eigenvalue weighted by atomic mass is 9.78. The van der Waals surface area contributed by atoms with Crippen molar-refractivity contribution in [3.05, 3.63) is 0 Å². The zero-order valence-corrected chi connectivity index (χ0v) is 17.8. The van der Waals surface area contributed by atoms with Gasteiger partial charge in [0.25, 0.3) is 0 Å². The lowest BCUT2D eigenvalue weighted by Gasteiger charge is -2.55. The van der Waals surface area contributed by atoms with Crippen LogP contribution in [0.2, 0.25) is 0 Å². The first-order valence-electron chi connectivity index (χ1n) is 10.5. The highest BCUT2D eigenvalue weighted by Gasteiger charge is 2.73. The van der Waals surface area contributed by atoms with Crippen LogP contribution in [0.1, 0.15) is 0 Å². The highest BCUT2D eigenvalue weighted by Crippen LogP contribution is 2.48. The molecule has 3 aliphatic heterocycles. The summed E-state index contributed by atoms with van der Waals surface area (Å²) in [6.45, 7) is -4.02. The van der Waals surface area contributed by atoms with Gasteiger partial charge in [-0.2, -0.15) is 0 Å². The molecule has 0 amide bonds. The summed E-state index contributed by atoms with van der Waals surface area (Å²) in [7, 11) is 0. The summed E-state index contributed by atoms with van der Waals surface area (Å²) in [5.41, 5.74) is -2.65. The maximum absolute atomic E-state index is 10.9. The van der Waals surface area contributed by atoms with Crippen LogP contribution >= 0.6 is 0 Å². The second kappa shape index (κ2) is 10.4. The zero-order valence-electron chi connectivity index (χ0n) is 17.8. The highest BCUT2D eigenvalue weighted by molar-refractivity contribution is 5.16. The largest absolute Gasteiger partial charge is 0.394 e. The van der Waals surface area contributed by atoms with E-state index >= 15 is 0 Å². The molecule has 3 rings (SSSR count). The summed E-state index contributed by atoms with van der Waals surface area (Å²) in [5, 5.41) is 121. The molecule has 0 aliphatic carbocycles. The SMILES string of the molecule is OC[C@H]1O[C@](CO)([C@@]2(OC[C@H]3O[C@H](O)[C@H](O)[C@@H](O)[C@@H]3O)O[C@H](CO)[C@@H](O)[C@H](O)[C@H]2O)[C@@H](O)[C@@H]1O. The van der Waals surface area contributed by atoms with Gasteiger partial charge < -0.3 is 80.2 Å². The maximum Gasteiger partial charge on any atom is 0.232 e. The van der Waals surface area contributed by atoms with Gasteiger partial charge in [0, 0.05) is 0 Å². The Labute approximate surface area is 192 Å². The van der Waals surface area contributed by atoms with Crippen LogP contribution in [0.25, 0.3) is 0 Å². The summed E-state index contributed by atoms with van der Waals surface area (Å²) < 4.78 is 21.6. The van der Waals surface area contributed by atoms with Gasteiger partial charge in [-0.3, -0.25) is 0 Å². The van der Waals surface area contributed by atoms with Crippen molar-refractivity contribution in [1.29, 1.82) is 0 Å². The molecule has 34 heavy (non-hydrogen) atoms. The summed E-state index contributed by atoms with van der Waals surface area (Å²) in [4.78, 5) is 0. The summed E-state index contributed by atoms with van der Waals surface area (Å²) in [5.74, 6) is -2.90. The molecular weight excluding hydrogens is 472 g/mol. The topological polar surface area (TPSA) is 280 Å². The predicted molar refractivity (Wildman–Crippen MR) is 101 cm³/mol. The molecular formula is C18H32O16. The first kappa shape index (κ1) is 27.9. The molecule has 16 heteroatoms. The minimum Gasteiger partial charge on any atom is -0.394 e. The van der Waals surface area contributed by atoms with Gasteiger partial charge in [-0.25, -0.2) is 0 Å². The van der Waals surface area contributed by atoms with E-state index in [0.29, 0.717) is 0 Å². The van der Waals surface area contributed by atoms with Crippen LogP contribution in [-0.4, -0.2) is 173 Å². The fourth-order valence-corrected chi connectivity index (χ4v) is 4.57. The molecule has 3 aliphatic rings. The highest BCUT2D eigenvalue weighted by atomic mass is 16.8. The number of aliphatic hydroxyl groups is 12. The number of ether oxygens (including phenoxy) is 4. The molecule has 0 spiro atoms. The zero-order chi connectivity index (χ0) is 25.6. The van der Waals surface area contributed by atoms with E-state index in [0.717, 1.165) is 0 Å². The van der Waals surface area contributed by atoms with Crippen molar-refractivity contribution in [2.45, 2.75) is 84.8 Å². The van der Waals surface area contributed by atoms with E-state index in [9.17, 15) is 61.3 Å². The monoisotopic (exact) mass is 504 g/mol. The minimum atomic E-state index is -2.90. The Hall–Kier alpha value is -0.640. The van der Waals surface area contributed by atoms with Gasteiger partial charge in [0.2, 0.25) is 5.79 Å². The molecule has 0 aromatic rings. The lowest BCUT2D eigenvalue weighted by molar-refractivity contribution is -0.433. The van der Waals surface area contributed by atoms with Crippen molar-refractivity contribution in [1.82, 2.24) is 0 Å². The smallest absolute Gasteiger partial charge is 0.232 e. The second-order valence-electron chi connectivity index (χ2n) is 8.60. The molecule has 16 nitrogen and oxygen atoms in total. The van der Waals surface area contributed by atoms with Crippen molar-refractivity contribution >= 4 is 0 Å². The maximum atomic E-state index is 10.9.